The summed E-state index contributed by atoms with van der Waals surface area (Å²) < 4.78 is 1.44. The molecule has 0 bridgehead atoms. The fourth-order valence-corrected chi connectivity index (χ4v) is 19.3. The van der Waals surface area contributed by atoms with Gasteiger partial charge >= 0.3 is 5.97 Å². The highest BCUT2D eigenvalue weighted by Crippen LogP contribution is 2.30. The van der Waals surface area contributed by atoms with Gasteiger partial charge in [-0.05, 0) is 123 Å². The number of primary amides is 2. The fourth-order valence-electron chi connectivity index (χ4n) is 18.4. The maximum atomic E-state index is 16.1. The molecule has 784 valence electrons. The van der Waals surface area contributed by atoms with Crippen molar-refractivity contribution in [2.45, 2.75) is 255 Å². The van der Waals surface area contributed by atoms with Crippen LogP contribution in [0.15, 0.2) is 122 Å². The molecule has 6 heterocycles. The van der Waals surface area contributed by atoms with Crippen LogP contribution in [-0.4, -0.2) is 317 Å². The van der Waals surface area contributed by atoms with Gasteiger partial charge in [-0.15, -0.1) is 11.8 Å². The minimum atomic E-state index is -1.79. The predicted molar refractivity (Wildman–Crippen MR) is 539 cm³/mol. The minimum absolute atomic E-state index is 0.00103. The molecule has 0 spiro atoms. The van der Waals surface area contributed by atoms with E-state index in [1.54, 1.807) is 94.7 Å². The Kier molecular flexibility index (Phi) is 41.6. The summed E-state index contributed by atoms with van der Waals surface area (Å²) in [7, 11) is 3.93. The molecule has 3 aliphatic heterocycles. The third-order valence-electron chi connectivity index (χ3n) is 26.2. The number of amides is 17. The lowest BCUT2D eigenvalue weighted by Gasteiger charge is -2.36. The van der Waals surface area contributed by atoms with E-state index in [-0.39, 0.29) is 108 Å². The van der Waals surface area contributed by atoms with E-state index in [1.807, 2.05) is 38.1 Å². The Bertz CT molecular complexity index is 5810. The molecule has 7 aromatic rings. The Morgan fingerprint density at radius 3 is 1.79 bits per heavy atom. The average Bonchev–Trinajstić information content (AvgIpc) is 1.66. The standard InChI is InChI=1S/C101H138N22O21S/c1-11-13-27-80-94(137)111-70(40-56(3)4)91(134)117-78(89(132)108-50-85(104)127)54-145-55-86(128)109-73(42-59-31-33-63(124)34-32-59)97(140)118(8)58(7)88(131)113-75(46-84(103)126)99(142)122-39-21-30-81(122)95(138)116-77(49-105-48-76-65-23-16-15-22-60(65)36-38-106-76)93(136)114-72(41-57(5)6)100(143)123-52-64(125)45-83(123)96(139)112-71(43-61-47-107-68-26-19-17-24-66(61)68)92(135)110-69(35-37-102)90(133)115-74(98(141)120(10)82(28-14-12-2)101(144)119(80)9)44-62-51-121(53-87(129)130)79-29-20-18-25-67(62)79/h15-20,22-26,29,31-34,36,38,47,51,56-58,64,69-75,77-78,80-83,105,107,124-125H,11-14,21,27-28,30,35,37,39-46,48-50,52-55,102H2,1-10H3,(H2,103,126)(H2,104,127)(H,108,132)(H,109,128)(H,110,135)(H,111,137)(H,112,139)(H,113,131)(H,114,136)(H,115,133)(H,116,138)(H,117,134)(H,129,130)/t58-,64+,69-,70-,71-,72-,73-,74-,75-,77-,78-,80-,81-,82-,83-/m0/s1. The number of nitrogens with two attached hydrogens (primary N) is 3. The Balaban J connectivity index is 1.05. The Morgan fingerprint density at radius 1 is 0.552 bits per heavy atom. The Morgan fingerprint density at radius 2 is 1.12 bits per heavy atom. The number of hydrogen-bond donors (Lipinski definition) is 18. The molecule has 0 aliphatic carbocycles. The molecular weight excluding hydrogens is 1890 g/mol. The molecule has 3 aliphatic rings. The van der Waals surface area contributed by atoms with Crippen LogP contribution in [0.5, 0.6) is 5.75 Å². The molecule has 145 heavy (non-hydrogen) atoms. The molecule has 15 atom stereocenters. The zero-order valence-corrected chi connectivity index (χ0v) is 84.3. The summed E-state index contributed by atoms with van der Waals surface area (Å²) in [6, 6.07) is 6.92. The van der Waals surface area contributed by atoms with Gasteiger partial charge in [0.2, 0.25) is 100 Å². The number of carbonyl (C=O) groups excluding carboxylic acids is 17. The fraction of sp³-hybridized carbons (Fsp3) is 0.515. The lowest BCUT2D eigenvalue weighted by atomic mass is 9.99. The number of pyridine rings is 1. The topological polar surface area (TPSA) is 628 Å². The summed E-state index contributed by atoms with van der Waals surface area (Å²) in [5.41, 5.74) is 20.4. The van der Waals surface area contributed by atoms with E-state index in [0.717, 1.165) is 42.1 Å². The maximum Gasteiger partial charge on any atom is 0.323 e. The highest BCUT2D eigenvalue weighted by molar-refractivity contribution is 8.00. The zero-order valence-electron chi connectivity index (χ0n) is 83.5. The Hall–Kier alpha value is -14.1. The van der Waals surface area contributed by atoms with E-state index < -0.39 is 241 Å². The first-order chi connectivity index (χ1) is 69.1. The van der Waals surface area contributed by atoms with E-state index in [9.17, 15) is 53.7 Å². The summed E-state index contributed by atoms with van der Waals surface area (Å²) >= 11 is 0.787. The first-order valence-corrected chi connectivity index (χ1v) is 50.3. The number of carbonyl (C=O) groups is 18. The highest BCUT2D eigenvalue weighted by Gasteiger charge is 2.47. The number of carboxylic acids is 1. The van der Waals surface area contributed by atoms with Gasteiger partial charge in [0.1, 0.15) is 96.9 Å². The number of fused-ring (bicyclic) bond motifs is 5. The molecule has 0 saturated carbocycles. The smallest absolute Gasteiger partial charge is 0.323 e. The zero-order chi connectivity index (χ0) is 106. The van der Waals surface area contributed by atoms with Gasteiger partial charge in [0.05, 0.1) is 30.5 Å². The van der Waals surface area contributed by atoms with E-state index in [1.165, 1.54) is 68.0 Å². The third-order valence-corrected chi connectivity index (χ3v) is 27.3. The number of hydrogen-bond acceptors (Lipinski definition) is 24. The summed E-state index contributed by atoms with van der Waals surface area (Å²) in [4.78, 5) is 279. The first kappa shape index (κ1) is 113. The van der Waals surface area contributed by atoms with Gasteiger partial charge in [-0.1, -0.05) is 140 Å². The SMILES string of the molecule is CCCC[C@H]1C(=O)N(C)[C@@H](CCCC)C(=O)N[C@@H](CC(C)C)C(=O)N[C@H](C(=O)NCC(N)=O)CSCC(=O)N[C@@H](Cc2ccc(O)cc2)C(=O)N(C)[C@@H](C)C(=O)N[C@@H](CC(N)=O)C(=O)N2CCC[C@H]2C(=O)N[C@@H](CNCc2nccc3ccccc23)C(=O)N[C@@H](CC(C)C)C(=O)N2C[C@H](O)C[C@H]2C(=O)N[C@@H](Cc2c[nH]c3ccccc23)C(=O)N[C@@H](CCN)C(=O)N[C@@H](Cc2cn(CC(=O)O)c3ccccc23)C(=O)N1C. The number of rotatable bonds is 29. The number of likely N-dealkylation sites (N-methyl/N-ethyl adjacent to an activating group) is 3. The maximum absolute atomic E-state index is 16.1. The molecule has 3 fully saturated rings. The normalized spacial score (nSPS) is 24.0. The predicted octanol–water partition coefficient (Wildman–Crippen LogP) is 0.141. The molecule has 3 saturated heterocycles. The summed E-state index contributed by atoms with van der Waals surface area (Å²) in [5.74, 6) is -18.8. The summed E-state index contributed by atoms with van der Waals surface area (Å²) in [5, 5.41) is 65.1. The number of aromatic hydroxyl groups is 1. The molecule has 21 N–H and O–H groups in total. The van der Waals surface area contributed by atoms with Gasteiger partial charge in [0.15, 0.2) is 0 Å². The van der Waals surface area contributed by atoms with Gasteiger partial charge in [-0.2, -0.15) is 0 Å². The molecule has 17 amide bonds. The number of carboxylic acid groups (broad SMARTS) is 1. The monoisotopic (exact) mass is 2030 g/mol. The summed E-state index contributed by atoms with van der Waals surface area (Å²) in [6.45, 7) is 9.53. The van der Waals surface area contributed by atoms with Crippen LogP contribution in [0, 0.1) is 11.8 Å². The molecule has 44 heteroatoms. The molecule has 10 rings (SSSR count). The molecule has 43 nitrogen and oxygen atoms in total. The number of unbranched alkanes of at least 4 members (excludes halogenated alkanes) is 2. The second-order valence-corrected chi connectivity index (χ2v) is 39.2. The van der Waals surface area contributed by atoms with Crippen LogP contribution in [0.2, 0.25) is 0 Å². The summed E-state index contributed by atoms with van der Waals surface area (Å²) in [6.07, 6.45) is 2.44. The van der Waals surface area contributed by atoms with Crippen molar-refractivity contribution in [3.63, 3.8) is 0 Å². The van der Waals surface area contributed by atoms with Crippen LogP contribution in [-0.2, 0) is 119 Å². The van der Waals surface area contributed by atoms with Crippen molar-refractivity contribution >= 4 is 151 Å². The van der Waals surface area contributed by atoms with Crippen LogP contribution >= 0.6 is 11.8 Å². The van der Waals surface area contributed by atoms with Gasteiger partial charge in [0, 0.05) is 125 Å². The number of nitrogens with one attached hydrogen (secondary N) is 12. The van der Waals surface area contributed by atoms with E-state index >= 15 is 47.9 Å². The van der Waals surface area contributed by atoms with Crippen molar-refractivity contribution in [2.75, 3.05) is 65.4 Å². The lowest BCUT2D eigenvalue weighted by Crippen LogP contribution is -2.62. The number of thioether (sulfide) groups is 1. The Labute approximate surface area is 844 Å². The number of para-hydroxylation sites is 2. The third kappa shape index (κ3) is 31.0. The molecule has 0 unspecified atom stereocenters. The number of phenols is 1. The van der Waals surface area contributed by atoms with Crippen molar-refractivity contribution in [1.82, 2.24) is 97.5 Å². The van der Waals surface area contributed by atoms with E-state index in [0.29, 0.717) is 69.9 Å². The quantitative estimate of drug-likeness (QED) is 0.0296. The molecule has 0 radical (unpaired) electrons. The van der Waals surface area contributed by atoms with Crippen molar-refractivity contribution < 1.29 is 102 Å². The van der Waals surface area contributed by atoms with Gasteiger partial charge in [0.25, 0.3) is 0 Å². The van der Waals surface area contributed by atoms with Crippen molar-refractivity contribution in [1.29, 1.82) is 0 Å². The minimum Gasteiger partial charge on any atom is -0.508 e. The lowest BCUT2D eigenvalue weighted by molar-refractivity contribution is -0.149. The van der Waals surface area contributed by atoms with Gasteiger partial charge < -0.3 is 125 Å². The second kappa shape index (κ2) is 53.4. The molecule has 4 aromatic carbocycles. The number of aliphatic carboxylic acids is 1. The highest BCUT2D eigenvalue weighted by atomic mass is 32.2. The number of benzene rings is 4. The van der Waals surface area contributed by atoms with Crippen LogP contribution in [0.25, 0.3) is 32.6 Å². The van der Waals surface area contributed by atoms with Crippen LogP contribution in [0.3, 0.4) is 0 Å². The van der Waals surface area contributed by atoms with Crippen LogP contribution < -0.4 is 75.7 Å². The molecule has 3 aromatic heterocycles. The number of aromatic amines is 1. The number of aliphatic hydroxyl groups is 1. The van der Waals surface area contributed by atoms with E-state index in [2.05, 4.69) is 68.5 Å². The average molecular weight is 2030 g/mol. The van der Waals surface area contributed by atoms with Crippen molar-refractivity contribution in [3.8, 4) is 5.75 Å². The largest absolute Gasteiger partial charge is 0.508 e. The second-order valence-electron chi connectivity index (χ2n) is 38.2. The number of H-pyrrole nitrogens is 1. The number of aromatic nitrogens is 3. The van der Waals surface area contributed by atoms with Crippen LogP contribution in [0.1, 0.15) is 154 Å². The van der Waals surface area contributed by atoms with E-state index in [4.69, 9.17) is 17.2 Å². The molecular formula is C101H138N22O21S. The number of nitrogens with zero attached hydrogens (tertiary/aromatic N) is 7. The van der Waals surface area contributed by atoms with Gasteiger partial charge in [-0.3, -0.25) is 91.3 Å². The van der Waals surface area contributed by atoms with Gasteiger partial charge in [-0.25, -0.2) is 0 Å². The van der Waals surface area contributed by atoms with Crippen molar-refractivity contribution in [3.05, 3.63) is 144 Å². The number of aliphatic hydroxyl groups excluding tert-OH is 1. The van der Waals surface area contributed by atoms with Crippen LogP contribution in [0.4, 0.5) is 0 Å². The number of phenolic OH excluding ortho intramolecular Hbond substituents is 1. The first-order valence-electron chi connectivity index (χ1n) is 49.2. The van der Waals surface area contributed by atoms with Crippen molar-refractivity contribution in [2.24, 2.45) is 29.0 Å².